The van der Waals surface area contributed by atoms with Crippen LogP contribution in [0.4, 0.5) is 13.2 Å². The van der Waals surface area contributed by atoms with E-state index in [9.17, 15) is 18.0 Å². The molecule has 1 aromatic carbocycles. The predicted octanol–water partition coefficient (Wildman–Crippen LogP) is 3.03. The second kappa shape index (κ2) is 7.58. The number of nitrogens with zero attached hydrogens (tertiary/aromatic N) is 2. The zero-order valence-corrected chi connectivity index (χ0v) is 15.1. The summed E-state index contributed by atoms with van der Waals surface area (Å²) < 4.78 is 45.5. The number of carbonyl (C=O) groups is 1. The van der Waals surface area contributed by atoms with Crippen LogP contribution in [0.3, 0.4) is 0 Å². The Labute approximate surface area is 154 Å². The molecule has 0 radical (unpaired) electrons. The summed E-state index contributed by atoms with van der Waals surface area (Å²) >= 11 is 0. The number of carbonyl (C=O) groups excluding carboxylic acids is 1. The third kappa shape index (κ3) is 4.58. The number of fused-ring (bicyclic) bond motifs is 1. The number of ether oxygens (including phenoxy) is 1. The van der Waals surface area contributed by atoms with Crippen molar-refractivity contribution in [3.05, 3.63) is 40.7 Å². The molecule has 1 atom stereocenters. The smallest absolute Gasteiger partial charge is 0.416 e. The highest BCUT2D eigenvalue weighted by Crippen LogP contribution is 2.35. The van der Waals surface area contributed by atoms with E-state index in [2.05, 4.69) is 20.7 Å². The number of benzene rings is 1. The van der Waals surface area contributed by atoms with Crippen molar-refractivity contribution in [3.63, 3.8) is 0 Å². The van der Waals surface area contributed by atoms with E-state index in [0.29, 0.717) is 19.3 Å². The standard InChI is InChI=1S/C18H21F3N4O2/c1-10(2)27-13-5-3-12(14(8-13)18(19,20)21)9-22-17(26)11-4-6-15-16(7-11)24-25-23-15/h3,5,8,10-11H,4,6-7,9H2,1-2H3,(H,22,26)(H,23,24,25). The maximum absolute atomic E-state index is 13.4. The molecule has 1 aromatic heterocycles. The Bertz CT molecular complexity index is 817. The molecule has 1 aliphatic carbocycles. The summed E-state index contributed by atoms with van der Waals surface area (Å²) in [6.45, 7) is 3.29. The maximum atomic E-state index is 13.4. The normalized spacial score (nSPS) is 16.9. The zero-order chi connectivity index (χ0) is 19.6. The zero-order valence-electron chi connectivity index (χ0n) is 15.1. The molecule has 3 rings (SSSR count). The van der Waals surface area contributed by atoms with Crippen molar-refractivity contribution in [2.24, 2.45) is 5.92 Å². The lowest BCUT2D eigenvalue weighted by Crippen LogP contribution is -2.34. The van der Waals surface area contributed by atoms with Crippen LogP contribution in [-0.2, 0) is 30.4 Å². The fourth-order valence-electron chi connectivity index (χ4n) is 3.15. The number of aromatic nitrogens is 3. The van der Waals surface area contributed by atoms with Gasteiger partial charge in [-0.15, -0.1) is 0 Å². The van der Waals surface area contributed by atoms with E-state index in [1.165, 1.54) is 12.1 Å². The first kappa shape index (κ1) is 19.2. The average Bonchev–Trinajstić information content (AvgIpc) is 3.06. The van der Waals surface area contributed by atoms with Crippen LogP contribution in [0.25, 0.3) is 0 Å². The molecule has 1 aliphatic rings. The minimum atomic E-state index is -4.53. The first-order chi connectivity index (χ1) is 12.7. The summed E-state index contributed by atoms with van der Waals surface area (Å²) in [6, 6.07) is 3.81. The Kier molecular flexibility index (Phi) is 5.38. The van der Waals surface area contributed by atoms with Gasteiger partial charge in [-0.25, -0.2) is 0 Å². The number of alkyl halides is 3. The van der Waals surface area contributed by atoms with E-state index in [1.54, 1.807) is 13.8 Å². The molecule has 2 N–H and O–H groups in total. The third-order valence-corrected chi connectivity index (χ3v) is 4.45. The van der Waals surface area contributed by atoms with Gasteiger partial charge in [0.15, 0.2) is 0 Å². The second-order valence-electron chi connectivity index (χ2n) is 6.86. The Morgan fingerprint density at radius 3 is 2.78 bits per heavy atom. The van der Waals surface area contributed by atoms with Crippen molar-refractivity contribution in [2.75, 3.05) is 0 Å². The topological polar surface area (TPSA) is 79.9 Å². The quantitative estimate of drug-likeness (QED) is 0.833. The van der Waals surface area contributed by atoms with Crippen LogP contribution in [-0.4, -0.2) is 27.4 Å². The molecule has 0 bridgehead atoms. The fraction of sp³-hybridized carbons (Fsp3) is 0.500. The van der Waals surface area contributed by atoms with Gasteiger partial charge >= 0.3 is 6.18 Å². The molecule has 0 aliphatic heterocycles. The van der Waals surface area contributed by atoms with Gasteiger partial charge in [0.25, 0.3) is 0 Å². The number of nitrogens with one attached hydrogen (secondary N) is 2. The fourth-order valence-corrected chi connectivity index (χ4v) is 3.15. The summed E-state index contributed by atoms with van der Waals surface area (Å²) in [5, 5.41) is 13.2. The molecule has 0 fully saturated rings. The number of hydrogen-bond acceptors (Lipinski definition) is 4. The minimum Gasteiger partial charge on any atom is -0.491 e. The molecule has 1 heterocycles. The van der Waals surface area contributed by atoms with E-state index in [0.717, 1.165) is 17.5 Å². The van der Waals surface area contributed by atoms with Gasteiger partial charge in [0.05, 0.1) is 23.1 Å². The molecule has 0 saturated heterocycles. The lowest BCUT2D eigenvalue weighted by Gasteiger charge is -2.21. The first-order valence-corrected chi connectivity index (χ1v) is 8.77. The number of amides is 1. The van der Waals surface area contributed by atoms with Gasteiger partial charge in [-0.2, -0.15) is 28.6 Å². The molecular weight excluding hydrogens is 361 g/mol. The van der Waals surface area contributed by atoms with Gasteiger partial charge in [0.1, 0.15) is 5.75 Å². The average molecular weight is 382 g/mol. The van der Waals surface area contributed by atoms with E-state index < -0.39 is 11.7 Å². The number of H-pyrrole nitrogens is 1. The van der Waals surface area contributed by atoms with Crippen LogP contribution in [0.15, 0.2) is 18.2 Å². The number of aromatic amines is 1. The summed E-state index contributed by atoms with van der Waals surface area (Å²) in [6.07, 6.45) is -3.11. The maximum Gasteiger partial charge on any atom is 0.416 e. The van der Waals surface area contributed by atoms with Crippen molar-refractivity contribution in [1.29, 1.82) is 0 Å². The Hall–Kier alpha value is -2.58. The molecule has 1 amide bonds. The lowest BCUT2D eigenvalue weighted by atomic mass is 9.89. The van der Waals surface area contributed by atoms with E-state index in [1.807, 2.05) is 0 Å². The second-order valence-corrected chi connectivity index (χ2v) is 6.86. The summed E-state index contributed by atoms with van der Waals surface area (Å²) in [7, 11) is 0. The monoisotopic (exact) mass is 382 g/mol. The highest BCUT2D eigenvalue weighted by Gasteiger charge is 2.34. The Balaban J connectivity index is 1.69. The van der Waals surface area contributed by atoms with Gasteiger partial charge in [0.2, 0.25) is 5.91 Å². The molecule has 27 heavy (non-hydrogen) atoms. The molecule has 0 saturated carbocycles. The van der Waals surface area contributed by atoms with Gasteiger partial charge in [-0.3, -0.25) is 4.79 Å². The number of rotatable bonds is 5. The van der Waals surface area contributed by atoms with Crippen LogP contribution < -0.4 is 10.1 Å². The highest BCUT2D eigenvalue weighted by atomic mass is 19.4. The van der Waals surface area contributed by atoms with Gasteiger partial charge < -0.3 is 10.1 Å². The summed E-state index contributed by atoms with van der Waals surface area (Å²) in [5.41, 5.74) is 0.792. The van der Waals surface area contributed by atoms with Crippen LogP contribution in [0.5, 0.6) is 5.75 Å². The molecule has 2 aromatic rings. The summed E-state index contributed by atoms with van der Waals surface area (Å²) in [4.78, 5) is 12.4. The van der Waals surface area contributed by atoms with Gasteiger partial charge in [-0.05, 0) is 44.4 Å². The van der Waals surface area contributed by atoms with Crippen molar-refractivity contribution in [1.82, 2.24) is 20.7 Å². The molecule has 146 valence electrons. The van der Waals surface area contributed by atoms with Crippen molar-refractivity contribution < 1.29 is 22.7 Å². The lowest BCUT2D eigenvalue weighted by molar-refractivity contribution is -0.138. The van der Waals surface area contributed by atoms with Gasteiger partial charge in [0, 0.05) is 18.9 Å². The van der Waals surface area contributed by atoms with E-state index in [4.69, 9.17) is 4.74 Å². The van der Waals surface area contributed by atoms with Crippen LogP contribution in [0.1, 0.15) is 42.8 Å². The third-order valence-electron chi connectivity index (χ3n) is 4.45. The number of hydrogen-bond donors (Lipinski definition) is 2. The SMILES string of the molecule is CC(C)Oc1ccc(CNC(=O)C2CCc3n[nH]nc3C2)c(C(F)(F)F)c1. The largest absolute Gasteiger partial charge is 0.491 e. The molecule has 0 spiro atoms. The van der Waals surface area contributed by atoms with Gasteiger partial charge in [-0.1, -0.05) is 6.07 Å². The number of halogens is 3. The minimum absolute atomic E-state index is 0.00453. The van der Waals surface area contributed by atoms with Crippen molar-refractivity contribution in [3.8, 4) is 5.75 Å². The first-order valence-electron chi connectivity index (χ1n) is 8.77. The summed E-state index contributed by atoms with van der Waals surface area (Å²) in [5.74, 6) is -0.446. The van der Waals surface area contributed by atoms with E-state index >= 15 is 0 Å². The van der Waals surface area contributed by atoms with Crippen LogP contribution in [0.2, 0.25) is 0 Å². The van der Waals surface area contributed by atoms with Crippen molar-refractivity contribution >= 4 is 5.91 Å². The molecule has 9 heteroatoms. The van der Waals surface area contributed by atoms with Crippen molar-refractivity contribution in [2.45, 2.75) is 51.9 Å². The van der Waals surface area contributed by atoms with Crippen LogP contribution in [0, 0.1) is 5.92 Å². The molecule has 6 nitrogen and oxygen atoms in total. The predicted molar refractivity (Wildman–Crippen MR) is 91.0 cm³/mol. The molecule has 1 unspecified atom stereocenters. The Morgan fingerprint density at radius 2 is 2.07 bits per heavy atom. The highest BCUT2D eigenvalue weighted by molar-refractivity contribution is 5.79. The number of aryl methyl sites for hydroxylation is 1. The van der Waals surface area contributed by atoms with Crippen LogP contribution >= 0.6 is 0 Å². The molecular formula is C18H21F3N4O2. The Morgan fingerprint density at radius 1 is 1.33 bits per heavy atom. The van der Waals surface area contributed by atoms with E-state index in [-0.39, 0.29) is 35.8 Å².